The topological polar surface area (TPSA) is 68.0 Å². The van der Waals surface area contributed by atoms with Gasteiger partial charge in [-0.2, -0.15) is 5.10 Å². The summed E-state index contributed by atoms with van der Waals surface area (Å²) in [5.74, 6) is -1.01. The van der Waals surface area contributed by atoms with E-state index in [1.807, 2.05) is 0 Å². The maximum absolute atomic E-state index is 10.7. The first-order chi connectivity index (χ1) is 7.18. The molecule has 15 heavy (non-hydrogen) atoms. The minimum absolute atomic E-state index is 0.157. The van der Waals surface area contributed by atoms with Crippen LogP contribution in [0.5, 0.6) is 0 Å². The summed E-state index contributed by atoms with van der Waals surface area (Å²) in [6.07, 6.45) is 2.80. The molecule has 5 nitrogen and oxygen atoms in total. The van der Waals surface area contributed by atoms with Crippen LogP contribution in [0, 0.1) is 0 Å². The van der Waals surface area contributed by atoms with Gasteiger partial charge in [-0.25, -0.2) is 14.5 Å². The van der Waals surface area contributed by atoms with E-state index in [1.165, 1.54) is 35.5 Å². The molecule has 0 unspecified atom stereocenters. The van der Waals surface area contributed by atoms with Gasteiger partial charge in [0.25, 0.3) is 0 Å². The molecular formula is C9H6ClN3O2. The van der Waals surface area contributed by atoms with E-state index in [0.717, 1.165) is 0 Å². The van der Waals surface area contributed by atoms with Crippen LogP contribution in [0.25, 0.3) is 5.69 Å². The largest absolute Gasteiger partial charge is 0.478 e. The van der Waals surface area contributed by atoms with Crippen LogP contribution in [0.1, 0.15) is 10.4 Å². The second kappa shape index (κ2) is 3.70. The van der Waals surface area contributed by atoms with Crippen molar-refractivity contribution in [3.63, 3.8) is 0 Å². The van der Waals surface area contributed by atoms with Gasteiger partial charge in [-0.05, 0) is 18.2 Å². The van der Waals surface area contributed by atoms with E-state index in [9.17, 15) is 4.79 Å². The maximum atomic E-state index is 10.7. The van der Waals surface area contributed by atoms with Gasteiger partial charge in [0.2, 0.25) is 0 Å². The molecule has 1 heterocycles. The Bertz CT molecular complexity index is 496. The molecule has 2 aromatic rings. The van der Waals surface area contributed by atoms with E-state index in [0.29, 0.717) is 10.7 Å². The fourth-order valence-corrected chi connectivity index (χ4v) is 1.36. The van der Waals surface area contributed by atoms with Gasteiger partial charge >= 0.3 is 5.97 Å². The van der Waals surface area contributed by atoms with Crippen molar-refractivity contribution >= 4 is 17.6 Å². The molecule has 76 valence electrons. The standard InChI is InChI=1S/C9H6ClN3O2/c10-7-2-1-6(9(14)15)3-8(7)13-5-11-4-12-13/h1-5H,(H,14,15). The predicted octanol–water partition coefficient (Wildman–Crippen LogP) is 1.62. The first-order valence-corrected chi connectivity index (χ1v) is 4.44. The van der Waals surface area contributed by atoms with Crippen molar-refractivity contribution in [2.45, 2.75) is 0 Å². The van der Waals surface area contributed by atoms with Gasteiger partial charge in [-0.15, -0.1) is 0 Å². The molecule has 0 atom stereocenters. The molecule has 2 rings (SSSR count). The third-order valence-corrected chi connectivity index (χ3v) is 2.18. The number of hydrogen-bond acceptors (Lipinski definition) is 3. The van der Waals surface area contributed by atoms with Crippen LogP contribution >= 0.6 is 11.6 Å². The molecule has 0 saturated carbocycles. The highest BCUT2D eigenvalue weighted by molar-refractivity contribution is 6.32. The van der Waals surface area contributed by atoms with E-state index in [-0.39, 0.29) is 5.56 Å². The lowest BCUT2D eigenvalue weighted by molar-refractivity contribution is 0.0697. The van der Waals surface area contributed by atoms with E-state index in [2.05, 4.69) is 10.1 Å². The number of benzene rings is 1. The van der Waals surface area contributed by atoms with Crippen molar-refractivity contribution in [1.29, 1.82) is 0 Å². The van der Waals surface area contributed by atoms with Crippen LogP contribution in [-0.4, -0.2) is 25.8 Å². The third-order valence-electron chi connectivity index (χ3n) is 1.86. The normalized spacial score (nSPS) is 10.2. The van der Waals surface area contributed by atoms with Gasteiger partial charge in [-0.3, -0.25) is 0 Å². The Labute approximate surface area is 89.9 Å². The molecule has 1 aromatic carbocycles. The Morgan fingerprint density at radius 1 is 1.47 bits per heavy atom. The molecule has 6 heteroatoms. The Balaban J connectivity index is 2.55. The van der Waals surface area contributed by atoms with E-state index >= 15 is 0 Å². The van der Waals surface area contributed by atoms with Crippen LogP contribution in [0.4, 0.5) is 0 Å². The van der Waals surface area contributed by atoms with E-state index in [4.69, 9.17) is 16.7 Å². The lowest BCUT2D eigenvalue weighted by Gasteiger charge is -2.04. The van der Waals surface area contributed by atoms with Crippen LogP contribution in [-0.2, 0) is 0 Å². The molecule has 1 aromatic heterocycles. The van der Waals surface area contributed by atoms with Gasteiger partial charge in [-0.1, -0.05) is 11.6 Å². The van der Waals surface area contributed by atoms with Crippen molar-refractivity contribution in [3.05, 3.63) is 41.4 Å². The molecular weight excluding hydrogens is 218 g/mol. The number of carboxylic acids is 1. The molecule has 1 N–H and O–H groups in total. The smallest absolute Gasteiger partial charge is 0.335 e. The van der Waals surface area contributed by atoms with Crippen LogP contribution in [0.2, 0.25) is 5.02 Å². The summed E-state index contributed by atoms with van der Waals surface area (Å²) in [6.45, 7) is 0. The summed E-state index contributed by atoms with van der Waals surface area (Å²) in [4.78, 5) is 14.5. The molecule has 0 aliphatic carbocycles. The highest BCUT2D eigenvalue weighted by Gasteiger charge is 2.08. The summed E-state index contributed by atoms with van der Waals surface area (Å²) in [6, 6.07) is 4.40. The number of halogens is 1. The number of carbonyl (C=O) groups is 1. The SMILES string of the molecule is O=C(O)c1ccc(Cl)c(-n2cncn2)c1. The number of nitrogens with zero attached hydrogens (tertiary/aromatic N) is 3. The third kappa shape index (κ3) is 1.82. The zero-order valence-corrected chi connectivity index (χ0v) is 8.22. The molecule has 0 radical (unpaired) electrons. The van der Waals surface area contributed by atoms with Crippen LogP contribution < -0.4 is 0 Å². The van der Waals surface area contributed by atoms with E-state index < -0.39 is 5.97 Å². The van der Waals surface area contributed by atoms with Gasteiger partial charge in [0.05, 0.1) is 16.3 Å². The first kappa shape index (κ1) is 9.67. The summed E-state index contributed by atoms with van der Waals surface area (Å²) < 4.78 is 1.41. The molecule has 0 amide bonds. The molecule has 0 fully saturated rings. The van der Waals surface area contributed by atoms with Crippen molar-refractivity contribution in [2.75, 3.05) is 0 Å². The average molecular weight is 224 g/mol. The summed E-state index contributed by atoms with van der Waals surface area (Å²) in [7, 11) is 0. The Morgan fingerprint density at radius 2 is 2.27 bits per heavy atom. The van der Waals surface area contributed by atoms with Gasteiger partial charge in [0.1, 0.15) is 12.7 Å². The fourth-order valence-electron chi connectivity index (χ4n) is 1.15. The molecule has 0 aliphatic rings. The maximum Gasteiger partial charge on any atom is 0.335 e. The predicted molar refractivity (Wildman–Crippen MR) is 53.3 cm³/mol. The zero-order chi connectivity index (χ0) is 10.8. The van der Waals surface area contributed by atoms with Gasteiger partial charge in [0, 0.05) is 0 Å². The fraction of sp³-hybridized carbons (Fsp3) is 0. The van der Waals surface area contributed by atoms with Crippen molar-refractivity contribution < 1.29 is 9.90 Å². The van der Waals surface area contributed by atoms with Gasteiger partial charge in [0.15, 0.2) is 0 Å². The lowest BCUT2D eigenvalue weighted by atomic mass is 10.2. The van der Waals surface area contributed by atoms with Crippen molar-refractivity contribution in [2.24, 2.45) is 0 Å². The van der Waals surface area contributed by atoms with Crippen molar-refractivity contribution in [3.8, 4) is 5.69 Å². The number of carboxylic acid groups (broad SMARTS) is 1. The second-order valence-electron chi connectivity index (χ2n) is 2.81. The van der Waals surface area contributed by atoms with Gasteiger partial charge < -0.3 is 5.11 Å². The Morgan fingerprint density at radius 3 is 2.87 bits per heavy atom. The highest BCUT2D eigenvalue weighted by Crippen LogP contribution is 2.20. The zero-order valence-electron chi connectivity index (χ0n) is 7.46. The van der Waals surface area contributed by atoms with Crippen LogP contribution in [0.15, 0.2) is 30.9 Å². The van der Waals surface area contributed by atoms with E-state index in [1.54, 1.807) is 0 Å². The molecule has 0 saturated heterocycles. The molecule has 0 aliphatic heterocycles. The minimum Gasteiger partial charge on any atom is -0.478 e. The molecule has 0 spiro atoms. The molecule has 0 bridgehead atoms. The average Bonchev–Trinajstić information content (AvgIpc) is 2.71. The first-order valence-electron chi connectivity index (χ1n) is 4.06. The second-order valence-corrected chi connectivity index (χ2v) is 3.22. The summed E-state index contributed by atoms with van der Waals surface area (Å²) in [5, 5.41) is 13.1. The number of aromatic nitrogens is 3. The minimum atomic E-state index is -1.01. The van der Waals surface area contributed by atoms with Crippen molar-refractivity contribution in [1.82, 2.24) is 14.8 Å². The quantitative estimate of drug-likeness (QED) is 0.840. The number of aromatic carboxylic acids is 1. The number of hydrogen-bond donors (Lipinski definition) is 1. The summed E-state index contributed by atoms with van der Waals surface area (Å²) in [5.41, 5.74) is 0.652. The Kier molecular flexibility index (Phi) is 2.39. The monoisotopic (exact) mass is 223 g/mol. The highest BCUT2D eigenvalue weighted by atomic mass is 35.5. The summed E-state index contributed by atoms with van der Waals surface area (Å²) >= 11 is 5.91. The van der Waals surface area contributed by atoms with Crippen LogP contribution in [0.3, 0.4) is 0 Å². The number of rotatable bonds is 2. The Hall–Kier alpha value is -1.88. The lowest BCUT2D eigenvalue weighted by Crippen LogP contribution is -2.01.